The van der Waals surface area contributed by atoms with Gasteiger partial charge in [-0.3, -0.25) is 9.79 Å². The predicted molar refractivity (Wildman–Crippen MR) is 135 cm³/mol. The first-order chi connectivity index (χ1) is 15.1. The normalized spacial score (nSPS) is 18.5. The molecule has 0 amide bonds. The van der Waals surface area contributed by atoms with Crippen molar-refractivity contribution in [2.24, 2.45) is 10.9 Å². The largest absolute Gasteiger partial charge is 0.466 e. The van der Waals surface area contributed by atoms with Crippen LogP contribution < -0.4 is 10.6 Å². The van der Waals surface area contributed by atoms with Crippen LogP contribution in [0.3, 0.4) is 0 Å². The van der Waals surface area contributed by atoms with Crippen LogP contribution in [0.5, 0.6) is 0 Å². The Labute approximate surface area is 210 Å². The van der Waals surface area contributed by atoms with E-state index in [1.807, 2.05) is 26.0 Å². The number of nitrogens with zero attached hydrogens (tertiary/aromatic N) is 3. The van der Waals surface area contributed by atoms with Crippen molar-refractivity contribution in [2.75, 3.05) is 19.7 Å². The number of aromatic nitrogens is 2. The Morgan fingerprint density at radius 1 is 1.22 bits per heavy atom. The summed E-state index contributed by atoms with van der Waals surface area (Å²) in [5, 5.41) is 11.5. The number of carbonyl (C=O) groups is 1. The van der Waals surface area contributed by atoms with E-state index in [9.17, 15) is 4.79 Å². The summed E-state index contributed by atoms with van der Waals surface area (Å²) in [6.07, 6.45) is 4.06. The fourth-order valence-corrected chi connectivity index (χ4v) is 3.71. The molecule has 3 rings (SSSR count). The van der Waals surface area contributed by atoms with Gasteiger partial charge in [0.2, 0.25) is 11.7 Å². The van der Waals surface area contributed by atoms with Crippen LogP contribution in [0.1, 0.15) is 45.4 Å². The van der Waals surface area contributed by atoms with Gasteiger partial charge in [0.15, 0.2) is 5.96 Å². The minimum absolute atomic E-state index is 0. The van der Waals surface area contributed by atoms with Crippen molar-refractivity contribution in [1.82, 2.24) is 20.8 Å². The van der Waals surface area contributed by atoms with Gasteiger partial charge in [0.05, 0.1) is 19.1 Å². The van der Waals surface area contributed by atoms with Gasteiger partial charge in [-0.2, -0.15) is 4.98 Å². The highest BCUT2D eigenvalue weighted by Gasteiger charge is 2.27. The molecule has 0 atom stereocenters. The Hall–Kier alpha value is -1.88. The zero-order chi connectivity index (χ0) is 22.1. The summed E-state index contributed by atoms with van der Waals surface area (Å²) in [5.74, 6) is 1.79. The molecule has 2 aromatic rings. The lowest BCUT2D eigenvalue weighted by Crippen LogP contribution is -2.45. The molecule has 1 saturated carbocycles. The van der Waals surface area contributed by atoms with E-state index in [1.54, 1.807) is 12.1 Å². The van der Waals surface area contributed by atoms with Crippen molar-refractivity contribution in [3.05, 3.63) is 35.2 Å². The first kappa shape index (κ1) is 26.4. The molecule has 176 valence electrons. The molecule has 1 fully saturated rings. The van der Waals surface area contributed by atoms with Crippen LogP contribution in [0.4, 0.5) is 0 Å². The van der Waals surface area contributed by atoms with Crippen LogP contribution in [-0.2, 0) is 16.0 Å². The average molecular weight is 576 g/mol. The third-order valence-corrected chi connectivity index (χ3v) is 5.45. The fraction of sp³-hybridized carbons (Fsp3) is 0.545. The molecule has 0 saturated heterocycles. The smallest absolute Gasteiger partial charge is 0.308 e. The lowest BCUT2D eigenvalue weighted by atomic mass is 9.86. The molecule has 1 aliphatic rings. The number of halogens is 2. The van der Waals surface area contributed by atoms with Gasteiger partial charge in [0.25, 0.3) is 0 Å². The van der Waals surface area contributed by atoms with Gasteiger partial charge < -0.3 is 19.9 Å². The number of carbonyl (C=O) groups excluding carboxylic acids is 1. The number of guanidine groups is 1. The van der Waals surface area contributed by atoms with Crippen molar-refractivity contribution in [3.8, 4) is 11.4 Å². The van der Waals surface area contributed by atoms with E-state index >= 15 is 0 Å². The molecule has 1 aromatic heterocycles. The lowest BCUT2D eigenvalue weighted by Gasteiger charge is -2.29. The van der Waals surface area contributed by atoms with Crippen LogP contribution in [0, 0.1) is 5.92 Å². The first-order valence-corrected chi connectivity index (χ1v) is 11.3. The molecule has 1 heterocycles. The van der Waals surface area contributed by atoms with E-state index in [0.717, 1.165) is 43.8 Å². The van der Waals surface area contributed by atoms with Gasteiger partial charge in [-0.25, -0.2) is 0 Å². The number of aliphatic imine (C=N–C) groups is 1. The van der Waals surface area contributed by atoms with Crippen molar-refractivity contribution in [2.45, 2.75) is 52.0 Å². The van der Waals surface area contributed by atoms with Crippen molar-refractivity contribution in [3.63, 3.8) is 0 Å². The second-order valence-corrected chi connectivity index (χ2v) is 7.91. The average Bonchev–Trinajstić information content (AvgIpc) is 3.24. The molecule has 8 nitrogen and oxygen atoms in total. The van der Waals surface area contributed by atoms with Gasteiger partial charge in [-0.15, -0.1) is 24.0 Å². The Bertz CT molecular complexity index is 867. The van der Waals surface area contributed by atoms with Crippen molar-refractivity contribution in [1.29, 1.82) is 0 Å². The SMILES string of the molecule is CCNC(=NCCc1nc(-c2ccc(Cl)cc2)no1)NC1CCC(C(=O)OCC)CC1.I. The van der Waals surface area contributed by atoms with E-state index in [1.165, 1.54) is 0 Å². The van der Waals surface area contributed by atoms with E-state index in [0.29, 0.717) is 42.4 Å². The topological polar surface area (TPSA) is 102 Å². The number of benzene rings is 1. The zero-order valence-corrected chi connectivity index (χ0v) is 21.6. The maximum atomic E-state index is 11.9. The van der Waals surface area contributed by atoms with Crippen LogP contribution in [0.15, 0.2) is 33.8 Å². The third kappa shape index (κ3) is 7.91. The second kappa shape index (κ2) is 13.6. The van der Waals surface area contributed by atoms with E-state index < -0.39 is 0 Å². The van der Waals surface area contributed by atoms with Crippen LogP contribution in [-0.4, -0.2) is 47.8 Å². The number of hydrogen-bond donors (Lipinski definition) is 2. The van der Waals surface area contributed by atoms with Crippen LogP contribution in [0.2, 0.25) is 5.02 Å². The zero-order valence-electron chi connectivity index (χ0n) is 18.5. The van der Waals surface area contributed by atoms with Gasteiger partial charge in [-0.1, -0.05) is 16.8 Å². The number of hydrogen-bond acceptors (Lipinski definition) is 6. The molecule has 0 radical (unpaired) electrons. The number of esters is 1. The highest BCUT2D eigenvalue weighted by molar-refractivity contribution is 14.0. The summed E-state index contributed by atoms with van der Waals surface area (Å²) in [7, 11) is 0. The van der Waals surface area contributed by atoms with Crippen LogP contribution >= 0.6 is 35.6 Å². The maximum Gasteiger partial charge on any atom is 0.308 e. The molecule has 0 spiro atoms. The van der Waals surface area contributed by atoms with Gasteiger partial charge >= 0.3 is 5.97 Å². The molecule has 1 aromatic carbocycles. The molecule has 0 unspecified atom stereocenters. The summed E-state index contributed by atoms with van der Waals surface area (Å²) in [6, 6.07) is 7.61. The van der Waals surface area contributed by atoms with Crippen molar-refractivity contribution >= 4 is 47.5 Å². The quantitative estimate of drug-likeness (QED) is 0.210. The standard InChI is InChI=1S/C22H30ClN5O3.HI/c1-3-24-22(26-18-11-7-16(8-12-18)21(29)30-4-2)25-14-13-19-27-20(28-31-19)15-5-9-17(23)10-6-15;/h5-6,9-10,16,18H,3-4,7-8,11-14H2,1-2H3,(H2,24,25,26);1H. The Balaban J connectivity index is 0.00000363. The van der Waals surface area contributed by atoms with E-state index in [4.69, 9.17) is 20.9 Å². The second-order valence-electron chi connectivity index (χ2n) is 7.47. The summed E-state index contributed by atoms with van der Waals surface area (Å²) >= 11 is 5.92. The molecule has 0 aliphatic heterocycles. The highest BCUT2D eigenvalue weighted by atomic mass is 127. The summed E-state index contributed by atoms with van der Waals surface area (Å²) in [6.45, 7) is 5.61. The summed E-state index contributed by atoms with van der Waals surface area (Å²) < 4.78 is 10.5. The molecule has 0 bridgehead atoms. The van der Waals surface area contributed by atoms with E-state index in [-0.39, 0.29) is 35.9 Å². The fourth-order valence-electron chi connectivity index (χ4n) is 3.58. The van der Waals surface area contributed by atoms with Gasteiger partial charge in [-0.05, 0) is 63.8 Å². The molecule has 10 heteroatoms. The Morgan fingerprint density at radius 3 is 2.59 bits per heavy atom. The minimum atomic E-state index is -0.0703. The molecular formula is C22H31ClIN5O3. The number of nitrogens with one attached hydrogen (secondary N) is 2. The Kier molecular flexibility index (Phi) is 11.2. The predicted octanol–water partition coefficient (Wildman–Crippen LogP) is 4.23. The van der Waals surface area contributed by atoms with Crippen LogP contribution in [0.25, 0.3) is 11.4 Å². The minimum Gasteiger partial charge on any atom is -0.466 e. The lowest BCUT2D eigenvalue weighted by molar-refractivity contribution is -0.149. The summed E-state index contributed by atoms with van der Waals surface area (Å²) in [5.41, 5.74) is 0.858. The number of ether oxygens (including phenoxy) is 1. The molecule has 2 N–H and O–H groups in total. The van der Waals surface area contributed by atoms with Gasteiger partial charge in [0.1, 0.15) is 0 Å². The molecular weight excluding hydrogens is 545 g/mol. The monoisotopic (exact) mass is 575 g/mol. The Morgan fingerprint density at radius 2 is 1.94 bits per heavy atom. The maximum absolute atomic E-state index is 11.9. The third-order valence-electron chi connectivity index (χ3n) is 5.20. The first-order valence-electron chi connectivity index (χ1n) is 10.9. The van der Waals surface area contributed by atoms with Crippen molar-refractivity contribution < 1.29 is 14.1 Å². The highest BCUT2D eigenvalue weighted by Crippen LogP contribution is 2.25. The van der Waals surface area contributed by atoms with E-state index in [2.05, 4.69) is 25.8 Å². The molecule has 32 heavy (non-hydrogen) atoms. The summed E-state index contributed by atoms with van der Waals surface area (Å²) in [4.78, 5) is 21.0. The number of rotatable bonds is 8. The van der Waals surface area contributed by atoms with Gasteiger partial charge in [0, 0.05) is 29.6 Å². The molecule has 1 aliphatic carbocycles.